The van der Waals surface area contributed by atoms with Gasteiger partial charge in [0.2, 0.25) is 5.82 Å². The van der Waals surface area contributed by atoms with Gasteiger partial charge in [0.15, 0.2) is 6.61 Å². The highest BCUT2D eigenvalue weighted by atomic mass is 16.6. The summed E-state index contributed by atoms with van der Waals surface area (Å²) >= 11 is 0. The zero-order chi connectivity index (χ0) is 17.5. The molecule has 25 heavy (non-hydrogen) atoms. The molecule has 0 unspecified atom stereocenters. The number of para-hydroxylation sites is 1. The third-order valence-electron chi connectivity index (χ3n) is 3.67. The number of aryl methyl sites for hydroxylation is 1. The van der Waals surface area contributed by atoms with Crippen LogP contribution in [0.5, 0.6) is 5.75 Å². The zero-order valence-electron chi connectivity index (χ0n) is 14.2. The third kappa shape index (κ3) is 4.23. The van der Waals surface area contributed by atoms with E-state index in [2.05, 4.69) is 34.4 Å². The normalized spacial score (nSPS) is 11.0. The van der Waals surface area contributed by atoms with Gasteiger partial charge in [-0.15, -0.1) is 0 Å². The van der Waals surface area contributed by atoms with Gasteiger partial charge in [-0.05, 0) is 29.7 Å². The molecule has 3 rings (SSSR count). The van der Waals surface area contributed by atoms with Crippen molar-refractivity contribution in [1.29, 1.82) is 0 Å². The smallest absolute Gasteiger partial charge is 0.267 e. The number of benzene rings is 2. The first kappa shape index (κ1) is 16.7. The fraction of sp³-hybridized carbons (Fsp3) is 0.211. The quantitative estimate of drug-likeness (QED) is 0.484. The average molecular weight is 337 g/mol. The van der Waals surface area contributed by atoms with Gasteiger partial charge >= 0.3 is 0 Å². The molecule has 0 aliphatic carbocycles. The summed E-state index contributed by atoms with van der Waals surface area (Å²) in [4.78, 5) is 9.53. The second kappa shape index (κ2) is 8.10. The third-order valence-corrected chi connectivity index (χ3v) is 3.67. The molecule has 6 heteroatoms. The summed E-state index contributed by atoms with van der Waals surface area (Å²) in [6, 6.07) is 15.6. The Kier molecular flexibility index (Phi) is 5.41. The summed E-state index contributed by atoms with van der Waals surface area (Å²) in [7, 11) is 1.60. The SMILES string of the molecule is CCc1ccc(/C=N\OCc2nc(-c3ccccc3OC)no2)cc1. The zero-order valence-corrected chi connectivity index (χ0v) is 14.2. The van der Waals surface area contributed by atoms with Crippen molar-refractivity contribution < 1.29 is 14.1 Å². The van der Waals surface area contributed by atoms with Crippen molar-refractivity contribution in [2.24, 2.45) is 5.16 Å². The Morgan fingerprint density at radius 2 is 1.92 bits per heavy atom. The first-order valence-electron chi connectivity index (χ1n) is 8.00. The van der Waals surface area contributed by atoms with Gasteiger partial charge in [0.05, 0.1) is 18.9 Å². The molecular formula is C19H19N3O3. The lowest BCUT2D eigenvalue weighted by atomic mass is 10.1. The van der Waals surface area contributed by atoms with Gasteiger partial charge in [-0.2, -0.15) is 4.98 Å². The maximum Gasteiger partial charge on any atom is 0.267 e. The number of methoxy groups -OCH3 is 1. The minimum Gasteiger partial charge on any atom is -0.496 e. The molecule has 0 aliphatic heterocycles. The highest BCUT2D eigenvalue weighted by Crippen LogP contribution is 2.27. The van der Waals surface area contributed by atoms with E-state index in [4.69, 9.17) is 14.1 Å². The number of aromatic nitrogens is 2. The van der Waals surface area contributed by atoms with Crippen LogP contribution in [0.4, 0.5) is 0 Å². The Morgan fingerprint density at radius 3 is 2.68 bits per heavy atom. The molecule has 0 fully saturated rings. The van der Waals surface area contributed by atoms with Crippen molar-refractivity contribution in [2.45, 2.75) is 20.0 Å². The lowest BCUT2D eigenvalue weighted by Crippen LogP contribution is -1.91. The largest absolute Gasteiger partial charge is 0.496 e. The molecule has 0 atom stereocenters. The molecule has 0 spiro atoms. The second-order valence-corrected chi connectivity index (χ2v) is 5.32. The summed E-state index contributed by atoms with van der Waals surface area (Å²) in [5.74, 6) is 1.49. The molecule has 128 valence electrons. The molecule has 3 aromatic rings. The first-order valence-corrected chi connectivity index (χ1v) is 8.00. The molecule has 0 amide bonds. The summed E-state index contributed by atoms with van der Waals surface area (Å²) < 4.78 is 10.5. The van der Waals surface area contributed by atoms with Gasteiger partial charge in [0.25, 0.3) is 5.89 Å². The Hall–Kier alpha value is -3.15. The summed E-state index contributed by atoms with van der Waals surface area (Å²) in [6.07, 6.45) is 2.66. The van der Waals surface area contributed by atoms with Crippen LogP contribution in [0.25, 0.3) is 11.4 Å². The van der Waals surface area contributed by atoms with E-state index in [-0.39, 0.29) is 6.61 Å². The highest BCUT2D eigenvalue weighted by Gasteiger charge is 2.12. The Morgan fingerprint density at radius 1 is 1.12 bits per heavy atom. The Labute approximate surface area is 146 Å². The van der Waals surface area contributed by atoms with E-state index in [0.717, 1.165) is 17.5 Å². The van der Waals surface area contributed by atoms with Crippen LogP contribution in [-0.2, 0) is 17.9 Å². The molecule has 0 aliphatic rings. The Balaban J connectivity index is 1.59. The predicted molar refractivity (Wildman–Crippen MR) is 94.5 cm³/mol. The molecule has 0 bridgehead atoms. The van der Waals surface area contributed by atoms with Crippen molar-refractivity contribution in [3.8, 4) is 17.1 Å². The minimum atomic E-state index is 0.103. The maximum atomic E-state index is 5.30. The lowest BCUT2D eigenvalue weighted by Gasteiger charge is -2.02. The molecule has 2 aromatic carbocycles. The minimum absolute atomic E-state index is 0.103. The number of hydrogen-bond acceptors (Lipinski definition) is 6. The van der Waals surface area contributed by atoms with Crippen LogP contribution in [0, 0.1) is 0 Å². The molecule has 6 nitrogen and oxygen atoms in total. The summed E-state index contributed by atoms with van der Waals surface area (Å²) in [6.45, 7) is 2.22. The molecule has 0 saturated heterocycles. The average Bonchev–Trinajstić information content (AvgIpc) is 3.14. The fourth-order valence-electron chi connectivity index (χ4n) is 2.28. The summed E-state index contributed by atoms with van der Waals surface area (Å²) in [5.41, 5.74) is 3.02. The highest BCUT2D eigenvalue weighted by molar-refractivity contribution is 5.79. The van der Waals surface area contributed by atoms with Crippen LogP contribution >= 0.6 is 0 Å². The van der Waals surface area contributed by atoms with Crippen LogP contribution in [0.15, 0.2) is 58.2 Å². The van der Waals surface area contributed by atoms with Crippen LogP contribution in [0.3, 0.4) is 0 Å². The molecule has 0 saturated carbocycles. The fourth-order valence-corrected chi connectivity index (χ4v) is 2.28. The van der Waals surface area contributed by atoms with Crippen molar-refractivity contribution >= 4 is 6.21 Å². The maximum absolute atomic E-state index is 5.30. The van der Waals surface area contributed by atoms with Crippen molar-refractivity contribution in [3.63, 3.8) is 0 Å². The van der Waals surface area contributed by atoms with Gasteiger partial charge in [0, 0.05) is 0 Å². The van der Waals surface area contributed by atoms with Crippen LogP contribution in [-0.4, -0.2) is 23.5 Å². The monoisotopic (exact) mass is 337 g/mol. The van der Waals surface area contributed by atoms with Gasteiger partial charge in [0.1, 0.15) is 5.75 Å². The van der Waals surface area contributed by atoms with E-state index in [0.29, 0.717) is 17.5 Å². The van der Waals surface area contributed by atoms with E-state index < -0.39 is 0 Å². The lowest BCUT2D eigenvalue weighted by molar-refractivity contribution is 0.107. The number of hydrogen-bond donors (Lipinski definition) is 0. The standard InChI is InChI=1S/C19H19N3O3/c1-3-14-8-10-15(11-9-14)12-20-24-13-18-21-19(22-25-18)16-6-4-5-7-17(16)23-2/h4-12H,3,13H2,1-2H3/b20-12-. The van der Waals surface area contributed by atoms with Crippen LogP contribution in [0.1, 0.15) is 23.9 Å². The Bertz CT molecular complexity index is 841. The molecule has 1 heterocycles. The van der Waals surface area contributed by atoms with Gasteiger partial charge < -0.3 is 14.1 Å². The molecular weight excluding hydrogens is 318 g/mol. The summed E-state index contributed by atoms with van der Waals surface area (Å²) in [5, 5.41) is 7.88. The van der Waals surface area contributed by atoms with Gasteiger partial charge in [-0.3, -0.25) is 0 Å². The van der Waals surface area contributed by atoms with E-state index in [9.17, 15) is 0 Å². The van der Waals surface area contributed by atoms with Gasteiger partial charge in [-0.25, -0.2) is 0 Å². The topological polar surface area (TPSA) is 69.7 Å². The molecule has 0 N–H and O–H groups in total. The van der Waals surface area contributed by atoms with Crippen molar-refractivity contribution in [1.82, 2.24) is 10.1 Å². The van der Waals surface area contributed by atoms with Crippen molar-refractivity contribution in [3.05, 3.63) is 65.5 Å². The number of rotatable bonds is 7. The second-order valence-electron chi connectivity index (χ2n) is 5.32. The van der Waals surface area contributed by atoms with E-state index >= 15 is 0 Å². The van der Waals surface area contributed by atoms with Crippen molar-refractivity contribution in [2.75, 3.05) is 7.11 Å². The molecule has 1 aromatic heterocycles. The predicted octanol–water partition coefficient (Wildman–Crippen LogP) is 3.86. The van der Waals surface area contributed by atoms with E-state index in [1.54, 1.807) is 13.3 Å². The van der Waals surface area contributed by atoms with E-state index in [1.807, 2.05) is 36.4 Å². The van der Waals surface area contributed by atoms with Gasteiger partial charge in [-0.1, -0.05) is 53.6 Å². The first-order chi connectivity index (χ1) is 12.3. The number of ether oxygens (including phenoxy) is 1. The number of nitrogens with zero attached hydrogens (tertiary/aromatic N) is 3. The van der Waals surface area contributed by atoms with E-state index in [1.165, 1.54) is 5.56 Å². The molecule has 0 radical (unpaired) electrons. The number of oxime groups is 1. The van der Waals surface area contributed by atoms with Crippen LogP contribution < -0.4 is 4.74 Å². The van der Waals surface area contributed by atoms with Crippen LogP contribution in [0.2, 0.25) is 0 Å².